The molecular weight excluding hydrogens is 218 g/mol. The van der Waals surface area contributed by atoms with Crippen LogP contribution in [0.2, 0.25) is 0 Å². The molecule has 0 saturated carbocycles. The van der Waals surface area contributed by atoms with E-state index in [9.17, 15) is 5.11 Å². The standard InChI is InChI=1S/C12H13N3O2/c16-12(10-4-2-1-3-5-10)11(6-7-17-12)15-9-13-8-14-15/h1-5,8-9,11,16H,6-7H2. The normalized spacial score (nSPS) is 28.4. The monoisotopic (exact) mass is 231 g/mol. The van der Waals surface area contributed by atoms with Crippen molar-refractivity contribution in [2.24, 2.45) is 0 Å². The lowest BCUT2D eigenvalue weighted by Crippen LogP contribution is -2.34. The van der Waals surface area contributed by atoms with Crippen LogP contribution in [-0.2, 0) is 10.5 Å². The Bertz CT molecular complexity index is 486. The molecule has 2 heterocycles. The molecule has 2 atom stereocenters. The summed E-state index contributed by atoms with van der Waals surface area (Å²) in [5.41, 5.74) is 0.748. The van der Waals surface area contributed by atoms with Crippen LogP contribution < -0.4 is 0 Å². The van der Waals surface area contributed by atoms with Gasteiger partial charge in [-0.05, 0) is 6.42 Å². The van der Waals surface area contributed by atoms with Crippen LogP contribution >= 0.6 is 0 Å². The maximum Gasteiger partial charge on any atom is 0.215 e. The summed E-state index contributed by atoms with van der Waals surface area (Å²) in [5, 5.41) is 14.8. The molecule has 2 aromatic rings. The first-order valence-corrected chi connectivity index (χ1v) is 5.57. The third-order valence-electron chi connectivity index (χ3n) is 3.11. The summed E-state index contributed by atoms with van der Waals surface area (Å²) in [6, 6.07) is 9.16. The van der Waals surface area contributed by atoms with Gasteiger partial charge in [0, 0.05) is 5.56 Å². The summed E-state index contributed by atoms with van der Waals surface area (Å²) >= 11 is 0. The zero-order valence-corrected chi connectivity index (χ0v) is 9.23. The van der Waals surface area contributed by atoms with E-state index in [1.165, 1.54) is 6.33 Å². The lowest BCUT2D eigenvalue weighted by atomic mass is 9.98. The first kappa shape index (κ1) is 10.4. The van der Waals surface area contributed by atoms with Crippen LogP contribution in [0.5, 0.6) is 0 Å². The van der Waals surface area contributed by atoms with Crippen molar-refractivity contribution in [3.05, 3.63) is 48.5 Å². The molecule has 1 aliphatic rings. The second kappa shape index (κ2) is 3.94. The molecule has 1 saturated heterocycles. The summed E-state index contributed by atoms with van der Waals surface area (Å²) in [4.78, 5) is 3.91. The number of benzene rings is 1. The smallest absolute Gasteiger partial charge is 0.215 e. The molecule has 3 rings (SSSR count). The fourth-order valence-corrected chi connectivity index (χ4v) is 2.26. The van der Waals surface area contributed by atoms with Crippen molar-refractivity contribution in [3.63, 3.8) is 0 Å². The quantitative estimate of drug-likeness (QED) is 0.840. The minimum absolute atomic E-state index is 0.229. The van der Waals surface area contributed by atoms with Crippen molar-refractivity contribution in [2.45, 2.75) is 18.2 Å². The Morgan fingerprint density at radius 3 is 2.88 bits per heavy atom. The van der Waals surface area contributed by atoms with Crippen LogP contribution in [0.25, 0.3) is 0 Å². The summed E-state index contributed by atoms with van der Waals surface area (Å²) in [5.74, 6) is -1.31. The minimum atomic E-state index is -1.31. The minimum Gasteiger partial charge on any atom is -0.360 e. The molecule has 1 aromatic carbocycles. The zero-order valence-electron chi connectivity index (χ0n) is 9.23. The van der Waals surface area contributed by atoms with Crippen molar-refractivity contribution >= 4 is 0 Å². The number of hydrogen-bond acceptors (Lipinski definition) is 4. The summed E-state index contributed by atoms with van der Waals surface area (Å²) in [6.07, 6.45) is 3.78. The fraction of sp³-hybridized carbons (Fsp3) is 0.333. The van der Waals surface area contributed by atoms with E-state index in [1.54, 1.807) is 11.0 Å². The van der Waals surface area contributed by atoms with E-state index in [0.29, 0.717) is 6.61 Å². The van der Waals surface area contributed by atoms with Gasteiger partial charge >= 0.3 is 0 Å². The van der Waals surface area contributed by atoms with Gasteiger partial charge in [0.05, 0.1) is 6.61 Å². The Labute approximate surface area is 98.7 Å². The fourth-order valence-electron chi connectivity index (χ4n) is 2.26. The van der Waals surface area contributed by atoms with Gasteiger partial charge in [-0.25, -0.2) is 9.67 Å². The van der Waals surface area contributed by atoms with Crippen molar-refractivity contribution in [1.82, 2.24) is 14.8 Å². The van der Waals surface area contributed by atoms with E-state index in [0.717, 1.165) is 12.0 Å². The highest BCUT2D eigenvalue weighted by atomic mass is 16.6. The van der Waals surface area contributed by atoms with Crippen molar-refractivity contribution in [1.29, 1.82) is 0 Å². The van der Waals surface area contributed by atoms with Gasteiger partial charge in [-0.15, -0.1) is 0 Å². The highest BCUT2D eigenvalue weighted by Crippen LogP contribution is 2.41. The van der Waals surface area contributed by atoms with Gasteiger partial charge in [-0.1, -0.05) is 30.3 Å². The Balaban J connectivity index is 2.01. The molecule has 0 radical (unpaired) electrons. The largest absolute Gasteiger partial charge is 0.360 e. The topological polar surface area (TPSA) is 60.2 Å². The Kier molecular flexibility index (Phi) is 2.42. The van der Waals surface area contributed by atoms with Crippen molar-refractivity contribution in [2.75, 3.05) is 6.61 Å². The second-order valence-electron chi connectivity index (χ2n) is 4.09. The molecule has 0 amide bonds. The summed E-state index contributed by atoms with van der Waals surface area (Å²) in [6.45, 7) is 0.510. The average molecular weight is 231 g/mol. The maximum absolute atomic E-state index is 10.7. The number of hydrogen-bond donors (Lipinski definition) is 1. The Morgan fingerprint density at radius 1 is 1.35 bits per heavy atom. The Hall–Kier alpha value is -1.72. The van der Waals surface area contributed by atoms with Gasteiger partial charge in [0.2, 0.25) is 5.79 Å². The van der Waals surface area contributed by atoms with E-state index >= 15 is 0 Å². The predicted octanol–water partition coefficient (Wildman–Crippen LogP) is 1.08. The third-order valence-corrected chi connectivity index (χ3v) is 3.11. The number of rotatable bonds is 2. The molecule has 5 heteroatoms. The lowest BCUT2D eigenvalue weighted by molar-refractivity contribution is -0.201. The third kappa shape index (κ3) is 1.64. The lowest BCUT2D eigenvalue weighted by Gasteiger charge is -2.28. The van der Waals surface area contributed by atoms with Gasteiger partial charge in [-0.3, -0.25) is 0 Å². The molecule has 0 spiro atoms. The Morgan fingerprint density at radius 2 is 2.18 bits per heavy atom. The highest BCUT2D eigenvalue weighted by molar-refractivity contribution is 5.22. The van der Waals surface area contributed by atoms with Gasteiger partial charge in [0.15, 0.2) is 0 Å². The number of nitrogens with zero attached hydrogens (tertiary/aromatic N) is 3. The molecular formula is C12H13N3O2. The van der Waals surface area contributed by atoms with Crippen molar-refractivity contribution in [3.8, 4) is 0 Å². The SMILES string of the molecule is OC1(c2ccccc2)OCCC1n1cncn1. The van der Waals surface area contributed by atoms with Crippen LogP contribution in [0, 0.1) is 0 Å². The first-order chi connectivity index (χ1) is 8.31. The number of ether oxygens (including phenoxy) is 1. The van der Waals surface area contributed by atoms with Crippen LogP contribution in [0.1, 0.15) is 18.0 Å². The molecule has 1 N–H and O–H groups in total. The van der Waals surface area contributed by atoms with Gasteiger partial charge in [0.1, 0.15) is 18.7 Å². The van der Waals surface area contributed by atoms with E-state index in [-0.39, 0.29) is 6.04 Å². The van der Waals surface area contributed by atoms with E-state index in [1.807, 2.05) is 30.3 Å². The van der Waals surface area contributed by atoms with E-state index in [4.69, 9.17) is 4.74 Å². The van der Waals surface area contributed by atoms with Crippen LogP contribution in [0.4, 0.5) is 0 Å². The predicted molar refractivity (Wildman–Crippen MR) is 60.0 cm³/mol. The molecule has 2 unspecified atom stereocenters. The van der Waals surface area contributed by atoms with Gasteiger partial charge in [0.25, 0.3) is 0 Å². The first-order valence-electron chi connectivity index (χ1n) is 5.57. The molecule has 5 nitrogen and oxygen atoms in total. The van der Waals surface area contributed by atoms with Crippen LogP contribution in [-0.4, -0.2) is 26.5 Å². The van der Waals surface area contributed by atoms with Gasteiger partial charge < -0.3 is 9.84 Å². The molecule has 0 bridgehead atoms. The van der Waals surface area contributed by atoms with Crippen LogP contribution in [0.15, 0.2) is 43.0 Å². The van der Waals surface area contributed by atoms with Crippen molar-refractivity contribution < 1.29 is 9.84 Å². The molecule has 17 heavy (non-hydrogen) atoms. The number of aliphatic hydroxyl groups is 1. The maximum atomic E-state index is 10.7. The molecule has 1 aromatic heterocycles. The summed E-state index contributed by atoms with van der Waals surface area (Å²) < 4.78 is 7.18. The molecule has 1 fully saturated rings. The van der Waals surface area contributed by atoms with Crippen LogP contribution in [0.3, 0.4) is 0 Å². The number of aromatic nitrogens is 3. The van der Waals surface area contributed by atoms with E-state index in [2.05, 4.69) is 10.1 Å². The highest BCUT2D eigenvalue weighted by Gasteiger charge is 2.45. The van der Waals surface area contributed by atoms with E-state index < -0.39 is 5.79 Å². The molecule has 88 valence electrons. The van der Waals surface area contributed by atoms with Gasteiger partial charge in [-0.2, -0.15) is 5.10 Å². The molecule has 0 aliphatic carbocycles. The average Bonchev–Trinajstić information content (AvgIpc) is 2.99. The molecule has 1 aliphatic heterocycles. The summed E-state index contributed by atoms with van der Waals surface area (Å²) in [7, 11) is 0. The second-order valence-corrected chi connectivity index (χ2v) is 4.09. The zero-order chi connectivity index (χ0) is 11.7.